The van der Waals surface area contributed by atoms with Crippen molar-refractivity contribution >= 4 is 3.26 Å². The number of halogens is 2. The Kier molecular flexibility index (Phi) is 9.27. The van der Waals surface area contributed by atoms with Gasteiger partial charge < -0.3 is 24.8 Å². The topological polar surface area (TPSA) is 0 Å². The Morgan fingerprint density at radius 1 is 1.00 bits per heavy atom. The van der Waals surface area contributed by atoms with Gasteiger partial charge in [0.05, 0.1) is 0 Å². The molecule has 0 saturated carbocycles. The van der Waals surface area contributed by atoms with E-state index in [1.807, 2.05) is 0 Å². The molecule has 25 heavy (non-hydrogen) atoms. The van der Waals surface area contributed by atoms with Gasteiger partial charge in [-0.15, -0.1) is 6.42 Å². The van der Waals surface area contributed by atoms with Crippen LogP contribution in [0, 0.1) is 6.08 Å². The van der Waals surface area contributed by atoms with E-state index in [1.165, 1.54) is 58.1 Å². The van der Waals surface area contributed by atoms with Gasteiger partial charge in [-0.2, -0.15) is 6.08 Å². The van der Waals surface area contributed by atoms with Crippen LogP contribution in [0.5, 0.6) is 0 Å². The summed E-state index contributed by atoms with van der Waals surface area (Å²) in [4.78, 5) is 0. The minimum absolute atomic E-state index is 0. The van der Waals surface area contributed by atoms with Crippen molar-refractivity contribution in [3.63, 3.8) is 0 Å². The van der Waals surface area contributed by atoms with Gasteiger partial charge in [-0.25, -0.2) is 11.6 Å². The molecular weight excluding hydrogens is 514 g/mol. The first-order valence-electron chi connectivity index (χ1n) is 8.13. The molecule has 2 aromatic rings. The van der Waals surface area contributed by atoms with Crippen LogP contribution in [-0.4, -0.2) is 3.26 Å². The van der Waals surface area contributed by atoms with Crippen LogP contribution in [0.3, 0.4) is 0 Å². The van der Waals surface area contributed by atoms with Gasteiger partial charge in [0.1, 0.15) is 0 Å². The smallest absolute Gasteiger partial charge is 1.00 e. The molecule has 0 fully saturated rings. The molecule has 128 valence electrons. The second-order valence-electron chi connectivity index (χ2n) is 6.18. The summed E-state index contributed by atoms with van der Waals surface area (Å²) >= 11 is 1.20. The van der Waals surface area contributed by atoms with Crippen molar-refractivity contribution < 1.29 is 48.7 Å². The number of allylic oxidation sites excluding steroid dienone is 4. The van der Waals surface area contributed by atoms with Crippen molar-refractivity contribution in [2.45, 2.75) is 32.6 Å². The third-order valence-corrected chi connectivity index (χ3v) is 5.07. The van der Waals surface area contributed by atoms with Crippen molar-refractivity contribution in [2.75, 3.05) is 0 Å². The zero-order valence-corrected chi connectivity index (χ0v) is 19.6. The average molecular weight is 535 g/mol. The molecule has 0 aromatic heterocycles. The van der Waals surface area contributed by atoms with E-state index in [4.69, 9.17) is 0 Å². The summed E-state index contributed by atoms with van der Waals surface area (Å²) in [7, 11) is 0. The fourth-order valence-corrected chi connectivity index (χ4v) is 4.03. The van der Waals surface area contributed by atoms with E-state index in [2.05, 4.69) is 80.6 Å². The minimum atomic E-state index is 0. The van der Waals surface area contributed by atoms with Crippen LogP contribution in [0.1, 0.15) is 43.7 Å². The molecule has 3 heteroatoms. The van der Waals surface area contributed by atoms with Crippen LogP contribution in [0.4, 0.5) is 0 Å². The van der Waals surface area contributed by atoms with Crippen molar-refractivity contribution in [3.8, 4) is 11.1 Å². The molecular formula is C22H21Cl2Hf-. The Bertz CT molecular complexity index is 742. The summed E-state index contributed by atoms with van der Waals surface area (Å²) in [5.41, 5.74) is 7.19. The van der Waals surface area contributed by atoms with E-state index < -0.39 is 0 Å². The third-order valence-electron chi connectivity index (χ3n) is 4.34. The molecule has 0 heterocycles. The Morgan fingerprint density at radius 2 is 1.52 bits per heavy atom. The van der Waals surface area contributed by atoms with Gasteiger partial charge in [0.15, 0.2) is 0 Å². The monoisotopic (exact) mass is 535 g/mol. The Hall–Kier alpha value is -0.760. The molecule has 2 aliphatic carbocycles. The normalized spacial score (nSPS) is 13.5. The molecule has 0 unspecified atom stereocenters. The summed E-state index contributed by atoms with van der Waals surface area (Å²) in [5.74, 6) is 0.597. The van der Waals surface area contributed by atoms with Crippen molar-refractivity contribution in [3.05, 3.63) is 83.5 Å². The maximum Gasteiger partial charge on any atom is -1.00 e. The number of hydrogen-bond acceptors (Lipinski definition) is 0. The molecule has 0 nitrogen and oxygen atoms in total. The van der Waals surface area contributed by atoms with Crippen molar-refractivity contribution in [2.24, 2.45) is 0 Å². The largest absolute Gasteiger partial charge is 1.00 e. The quantitative estimate of drug-likeness (QED) is 0.365. The van der Waals surface area contributed by atoms with Crippen LogP contribution >= 0.6 is 0 Å². The van der Waals surface area contributed by atoms with Gasteiger partial charge in [0.25, 0.3) is 0 Å². The first kappa shape index (κ1) is 22.3. The molecule has 4 rings (SSSR count). The number of rotatable bonds is 2. The van der Waals surface area contributed by atoms with Crippen molar-refractivity contribution in [1.82, 2.24) is 0 Å². The standard InChI is InChI=1S/C16H14.C6H7.2ClH.Hf/c1-2-7-12-13-8-3-5-10-15(13)16-11-6-4-9-14(12)16;1-6-4-2-3-5-6;;;/h3-6,8-12H,7H2,1H3;2,4H,3H2,1H3;2*1H;/q;-1;;;+2/p-2. The molecule has 2 aliphatic rings. The summed E-state index contributed by atoms with van der Waals surface area (Å²) in [6, 6.07) is 17.7. The maximum absolute atomic E-state index is 3.12. The molecule has 0 spiro atoms. The van der Waals surface area contributed by atoms with Crippen LogP contribution in [0.25, 0.3) is 11.1 Å². The minimum Gasteiger partial charge on any atom is -1.00 e. The molecule has 0 bridgehead atoms. The SMILES string of the molecule is CC1=[C-]CC=C1.C[C](=[Hf+2])CC1c2ccccc2-c2ccccc21.[Cl-].[Cl-]. The van der Waals surface area contributed by atoms with Gasteiger partial charge in [0, 0.05) is 0 Å². The predicted octanol–water partition coefficient (Wildman–Crippen LogP) is -0.368. The zero-order valence-electron chi connectivity index (χ0n) is 14.5. The maximum atomic E-state index is 3.12. The van der Waals surface area contributed by atoms with Gasteiger partial charge in [-0.05, 0) is 0 Å². The Morgan fingerprint density at radius 3 is 1.88 bits per heavy atom. The molecule has 0 saturated heterocycles. The van der Waals surface area contributed by atoms with E-state index >= 15 is 0 Å². The van der Waals surface area contributed by atoms with Gasteiger partial charge in [-0.3, -0.25) is 6.08 Å². The first-order chi connectivity index (χ1) is 11.2. The van der Waals surface area contributed by atoms with E-state index in [0.717, 1.165) is 6.42 Å². The van der Waals surface area contributed by atoms with E-state index in [-0.39, 0.29) is 24.8 Å². The molecule has 0 amide bonds. The van der Waals surface area contributed by atoms with E-state index in [1.54, 1.807) is 3.26 Å². The zero-order chi connectivity index (χ0) is 16.2. The van der Waals surface area contributed by atoms with E-state index in [9.17, 15) is 0 Å². The summed E-state index contributed by atoms with van der Waals surface area (Å²) in [5, 5.41) is 0. The fraction of sp³-hybridized carbons (Fsp3) is 0.227. The summed E-state index contributed by atoms with van der Waals surface area (Å²) < 4.78 is 1.64. The second-order valence-corrected chi connectivity index (χ2v) is 9.24. The fourth-order valence-electron chi connectivity index (χ4n) is 3.30. The Balaban J connectivity index is 0.000000336. The third kappa shape index (κ3) is 5.36. The molecule has 0 atom stereocenters. The first-order valence-corrected chi connectivity index (χ1v) is 9.92. The summed E-state index contributed by atoms with van der Waals surface area (Å²) in [6.07, 6.45) is 9.56. The average Bonchev–Trinajstić information content (AvgIpc) is 3.15. The Labute approximate surface area is 178 Å². The number of fused-ring (bicyclic) bond motifs is 3. The number of hydrogen-bond donors (Lipinski definition) is 0. The van der Waals surface area contributed by atoms with Gasteiger partial charge >= 0.3 is 117 Å². The van der Waals surface area contributed by atoms with Crippen LogP contribution in [0.15, 0.2) is 66.3 Å². The van der Waals surface area contributed by atoms with Crippen LogP contribution < -0.4 is 24.8 Å². The van der Waals surface area contributed by atoms with E-state index in [0.29, 0.717) is 5.92 Å². The number of benzene rings is 2. The van der Waals surface area contributed by atoms with Crippen LogP contribution in [0.2, 0.25) is 0 Å². The van der Waals surface area contributed by atoms with Crippen LogP contribution in [-0.2, 0) is 23.9 Å². The molecule has 0 N–H and O–H groups in total. The summed E-state index contributed by atoms with van der Waals surface area (Å²) in [6.45, 7) is 4.35. The molecule has 2 aromatic carbocycles. The van der Waals surface area contributed by atoms with Crippen molar-refractivity contribution in [1.29, 1.82) is 0 Å². The van der Waals surface area contributed by atoms with Gasteiger partial charge in [0.2, 0.25) is 0 Å². The van der Waals surface area contributed by atoms with Gasteiger partial charge in [-0.1, -0.05) is 6.92 Å². The second kappa shape index (κ2) is 10.4. The molecule has 0 aliphatic heterocycles. The molecule has 0 radical (unpaired) electrons. The predicted molar refractivity (Wildman–Crippen MR) is 95.2 cm³/mol.